The first-order valence-electron chi connectivity index (χ1n) is 7.72. The summed E-state index contributed by atoms with van der Waals surface area (Å²) in [5, 5.41) is 12.5. The zero-order valence-electron chi connectivity index (χ0n) is 12.4. The van der Waals surface area contributed by atoms with Gasteiger partial charge in [0.2, 0.25) is 0 Å². The van der Waals surface area contributed by atoms with Crippen LogP contribution in [0, 0.1) is 5.41 Å². The van der Waals surface area contributed by atoms with E-state index in [-0.39, 0.29) is 0 Å². The molecule has 0 aromatic rings. The van der Waals surface area contributed by atoms with Crippen molar-refractivity contribution in [3.63, 3.8) is 0 Å². The lowest BCUT2D eigenvalue weighted by atomic mass is 9.79. The highest BCUT2D eigenvalue weighted by Gasteiger charge is 2.31. The summed E-state index contributed by atoms with van der Waals surface area (Å²) in [5.74, 6) is 0. The quantitative estimate of drug-likeness (QED) is 0.654. The van der Waals surface area contributed by atoms with Crippen LogP contribution in [0.3, 0.4) is 0 Å². The first kappa shape index (κ1) is 15.9. The van der Waals surface area contributed by atoms with Crippen molar-refractivity contribution >= 4 is 0 Å². The predicted octanol–water partition coefficient (Wildman–Crippen LogP) is 2.25. The third-order valence-electron chi connectivity index (χ3n) is 4.22. The number of nitrogens with zero attached hydrogens (tertiary/aromatic N) is 1. The van der Waals surface area contributed by atoms with Gasteiger partial charge in [-0.05, 0) is 38.3 Å². The number of aliphatic hydroxyl groups is 1. The van der Waals surface area contributed by atoms with Gasteiger partial charge in [-0.15, -0.1) is 0 Å². The molecule has 1 rings (SSSR count). The van der Waals surface area contributed by atoms with Gasteiger partial charge in [-0.1, -0.05) is 32.6 Å². The zero-order chi connectivity index (χ0) is 13.3. The first-order chi connectivity index (χ1) is 8.72. The van der Waals surface area contributed by atoms with Crippen molar-refractivity contribution < 1.29 is 5.11 Å². The SMILES string of the molecule is CCNCC1(CN(C)CCCO)CCCCCC1. The zero-order valence-corrected chi connectivity index (χ0v) is 12.4. The molecule has 18 heavy (non-hydrogen) atoms. The van der Waals surface area contributed by atoms with Crippen LogP contribution >= 0.6 is 0 Å². The van der Waals surface area contributed by atoms with Crippen molar-refractivity contribution in [1.29, 1.82) is 0 Å². The van der Waals surface area contributed by atoms with Gasteiger partial charge >= 0.3 is 0 Å². The second kappa shape index (κ2) is 8.89. The maximum absolute atomic E-state index is 8.93. The van der Waals surface area contributed by atoms with Gasteiger partial charge in [0, 0.05) is 26.2 Å². The minimum Gasteiger partial charge on any atom is -0.396 e. The summed E-state index contributed by atoms with van der Waals surface area (Å²) in [6, 6.07) is 0. The van der Waals surface area contributed by atoms with Crippen LogP contribution in [0.4, 0.5) is 0 Å². The minimum atomic E-state index is 0.310. The molecule has 0 unspecified atom stereocenters. The van der Waals surface area contributed by atoms with Gasteiger partial charge in [-0.2, -0.15) is 0 Å². The van der Waals surface area contributed by atoms with Crippen molar-refractivity contribution in [3.05, 3.63) is 0 Å². The maximum atomic E-state index is 8.93. The Morgan fingerprint density at radius 1 is 1.17 bits per heavy atom. The molecule has 1 fully saturated rings. The Morgan fingerprint density at radius 2 is 1.83 bits per heavy atom. The molecule has 1 aliphatic carbocycles. The van der Waals surface area contributed by atoms with Crippen LogP contribution in [0.2, 0.25) is 0 Å². The second-order valence-electron chi connectivity index (χ2n) is 6.01. The molecule has 1 saturated carbocycles. The first-order valence-corrected chi connectivity index (χ1v) is 7.72. The average molecular weight is 256 g/mol. The smallest absolute Gasteiger partial charge is 0.0443 e. The lowest BCUT2D eigenvalue weighted by Gasteiger charge is -2.37. The van der Waals surface area contributed by atoms with Crippen molar-refractivity contribution in [2.75, 3.05) is 39.8 Å². The molecule has 0 saturated heterocycles. The van der Waals surface area contributed by atoms with E-state index in [0.717, 1.165) is 26.1 Å². The Balaban J connectivity index is 2.51. The highest BCUT2D eigenvalue weighted by molar-refractivity contribution is 4.86. The normalized spacial score (nSPS) is 20.0. The lowest BCUT2D eigenvalue weighted by molar-refractivity contribution is 0.139. The number of rotatable bonds is 8. The van der Waals surface area contributed by atoms with Gasteiger partial charge < -0.3 is 15.3 Å². The highest BCUT2D eigenvalue weighted by Crippen LogP contribution is 2.35. The van der Waals surface area contributed by atoms with E-state index in [1.807, 2.05) is 0 Å². The van der Waals surface area contributed by atoms with E-state index < -0.39 is 0 Å². The molecule has 0 aromatic carbocycles. The fraction of sp³-hybridized carbons (Fsp3) is 1.00. The van der Waals surface area contributed by atoms with Crippen LogP contribution in [0.1, 0.15) is 51.9 Å². The minimum absolute atomic E-state index is 0.310. The van der Waals surface area contributed by atoms with E-state index >= 15 is 0 Å². The number of aliphatic hydroxyl groups excluding tert-OH is 1. The molecular weight excluding hydrogens is 224 g/mol. The van der Waals surface area contributed by atoms with E-state index in [1.165, 1.54) is 45.1 Å². The monoisotopic (exact) mass is 256 g/mol. The largest absolute Gasteiger partial charge is 0.396 e. The molecule has 2 N–H and O–H groups in total. The van der Waals surface area contributed by atoms with Gasteiger partial charge in [0.05, 0.1) is 0 Å². The second-order valence-corrected chi connectivity index (χ2v) is 6.01. The number of hydrogen-bond acceptors (Lipinski definition) is 3. The molecule has 0 atom stereocenters. The van der Waals surface area contributed by atoms with E-state index in [0.29, 0.717) is 12.0 Å². The molecule has 0 aliphatic heterocycles. The summed E-state index contributed by atoms with van der Waals surface area (Å²) in [5.41, 5.74) is 0.469. The standard InChI is InChI=1S/C15H32N2O/c1-3-16-13-15(9-6-4-5-7-10-15)14-17(2)11-8-12-18/h16,18H,3-14H2,1-2H3. The van der Waals surface area contributed by atoms with Crippen LogP contribution in [-0.4, -0.2) is 49.8 Å². The van der Waals surface area contributed by atoms with Gasteiger partial charge in [-0.25, -0.2) is 0 Å². The summed E-state index contributed by atoms with van der Waals surface area (Å²) in [6.45, 7) is 6.93. The molecule has 0 bridgehead atoms. The fourth-order valence-corrected chi connectivity index (χ4v) is 3.25. The van der Waals surface area contributed by atoms with Crippen molar-refractivity contribution in [1.82, 2.24) is 10.2 Å². The Labute approximate surface area is 113 Å². The third kappa shape index (κ3) is 5.68. The summed E-state index contributed by atoms with van der Waals surface area (Å²) in [6.07, 6.45) is 9.22. The predicted molar refractivity (Wildman–Crippen MR) is 77.9 cm³/mol. The lowest BCUT2D eigenvalue weighted by Crippen LogP contribution is -2.43. The molecule has 0 amide bonds. The van der Waals surface area contributed by atoms with Crippen molar-refractivity contribution in [2.24, 2.45) is 5.41 Å². The molecular formula is C15H32N2O. The van der Waals surface area contributed by atoms with Gasteiger partial charge in [-0.3, -0.25) is 0 Å². The van der Waals surface area contributed by atoms with E-state index in [1.54, 1.807) is 0 Å². The molecule has 3 heteroatoms. The maximum Gasteiger partial charge on any atom is 0.0443 e. The van der Waals surface area contributed by atoms with E-state index in [2.05, 4.69) is 24.2 Å². The van der Waals surface area contributed by atoms with Crippen LogP contribution in [0.15, 0.2) is 0 Å². The molecule has 0 heterocycles. The molecule has 108 valence electrons. The Morgan fingerprint density at radius 3 is 2.39 bits per heavy atom. The summed E-state index contributed by atoms with van der Waals surface area (Å²) in [7, 11) is 2.20. The topological polar surface area (TPSA) is 35.5 Å². The third-order valence-corrected chi connectivity index (χ3v) is 4.22. The Bertz CT molecular complexity index is 201. The number of hydrogen-bond donors (Lipinski definition) is 2. The summed E-state index contributed by atoms with van der Waals surface area (Å²) in [4.78, 5) is 2.42. The van der Waals surface area contributed by atoms with Crippen LogP contribution in [0.5, 0.6) is 0 Å². The van der Waals surface area contributed by atoms with E-state index in [9.17, 15) is 0 Å². The van der Waals surface area contributed by atoms with Crippen LogP contribution < -0.4 is 5.32 Å². The summed E-state index contributed by atoms with van der Waals surface area (Å²) < 4.78 is 0. The summed E-state index contributed by atoms with van der Waals surface area (Å²) >= 11 is 0. The number of nitrogens with one attached hydrogen (secondary N) is 1. The Kier molecular flexibility index (Phi) is 7.87. The highest BCUT2D eigenvalue weighted by atomic mass is 16.3. The van der Waals surface area contributed by atoms with Gasteiger partial charge in [0.1, 0.15) is 0 Å². The van der Waals surface area contributed by atoms with Gasteiger partial charge in [0.25, 0.3) is 0 Å². The molecule has 0 aromatic heterocycles. The van der Waals surface area contributed by atoms with Gasteiger partial charge in [0.15, 0.2) is 0 Å². The average Bonchev–Trinajstić information content (AvgIpc) is 2.60. The Hall–Kier alpha value is -0.120. The molecule has 0 radical (unpaired) electrons. The van der Waals surface area contributed by atoms with Crippen molar-refractivity contribution in [3.8, 4) is 0 Å². The van der Waals surface area contributed by atoms with Crippen LogP contribution in [-0.2, 0) is 0 Å². The van der Waals surface area contributed by atoms with Crippen LogP contribution in [0.25, 0.3) is 0 Å². The fourth-order valence-electron chi connectivity index (χ4n) is 3.25. The van der Waals surface area contributed by atoms with Crippen molar-refractivity contribution in [2.45, 2.75) is 51.9 Å². The molecule has 0 spiro atoms. The molecule has 1 aliphatic rings. The van der Waals surface area contributed by atoms with E-state index in [4.69, 9.17) is 5.11 Å². The molecule has 3 nitrogen and oxygen atoms in total.